The standard InChI is InChI=1S/C14H16F2N2/c1-9-2-3-10(6-9)8-18-12-5-4-11(7-17)13(15)14(12)16/h4-5,9-10,18H,2-3,6,8H2,1H3. The maximum atomic E-state index is 13.6. The van der Waals surface area contributed by atoms with Crippen molar-refractivity contribution in [2.45, 2.75) is 26.2 Å². The Hall–Kier alpha value is -1.63. The van der Waals surface area contributed by atoms with Crippen LogP contribution in [-0.4, -0.2) is 6.54 Å². The summed E-state index contributed by atoms with van der Waals surface area (Å²) < 4.78 is 27.0. The Bertz CT molecular complexity index is 479. The van der Waals surface area contributed by atoms with Gasteiger partial charge in [-0.2, -0.15) is 5.26 Å². The molecule has 2 rings (SSSR count). The Kier molecular flexibility index (Phi) is 3.81. The third-order valence-corrected chi connectivity index (χ3v) is 3.59. The Morgan fingerprint density at radius 2 is 2.11 bits per heavy atom. The van der Waals surface area contributed by atoms with E-state index < -0.39 is 11.6 Å². The molecule has 1 saturated carbocycles. The first-order valence-corrected chi connectivity index (χ1v) is 6.23. The number of rotatable bonds is 3. The maximum absolute atomic E-state index is 13.6. The summed E-state index contributed by atoms with van der Waals surface area (Å²) in [6.07, 6.45) is 3.47. The second kappa shape index (κ2) is 5.34. The maximum Gasteiger partial charge on any atom is 0.183 e. The summed E-state index contributed by atoms with van der Waals surface area (Å²) in [6, 6.07) is 4.35. The van der Waals surface area contributed by atoms with E-state index in [-0.39, 0.29) is 11.3 Å². The third-order valence-electron chi connectivity index (χ3n) is 3.59. The summed E-state index contributed by atoms with van der Waals surface area (Å²) >= 11 is 0. The second-order valence-corrected chi connectivity index (χ2v) is 5.07. The molecule has 2 nitrogen and oxygen atoms in total. The first-order valence-electron chi connectivity index (χ1n) is 6.23. The summed E-state index contributed by atoms with van der Waals surface area (Å²) in [6.45, 7) is 2.87. The number of nitrogens with zero attached hydrogens (tertiary/aromatic N) is 1. The second-order valence-electron chi connectivity index (χ2n) is 5.07. The average Bonchev–Trinajstić information content (AvgIpc) is 2.77. The molecular formula is C14H16F2N2. The Morgan fingerprint density at radius 3 is 2.72 bits per heavy atom. The van der Waals surface area contributed by atoms with Gasteiger partial charge in [-0.1, -0.05) is 13.3 Å². The number of halogens is 2. The lowest BCUT2D eigenvalue weighted by Gasteiger charge is -2.13. The number of nitrogens with one attached hydrogen (secondary N) is 1. The first kappa shape index (κ1) is 12.8. The lowest BCUT2D eigenvalue weighted by molar-refractivity contribution is 0.504. The van der Waals surface area contributed by atoms with Gasteiger partial charge in [-0.05, 0) is 36.8 Å². The van der Waals surface area contributed by atoms with Crippen LogP contribution in [0.2, 0.25) is 0 Å². The van der Waals surface area contributed by atoms with Crippen LogP contribution in [0.3, 0.4) is 0 Å². The number of anilines is 1. The van der Waals surface area contributed by atoms with Gasteiger partial charge in [-0.3, -0.25) is 0 Å². The molecule has 18 heavy (non-hydrogen) atoms. The van der Waals surface area contributed by atoms with Gasteiger partial charge in [0, 0.05) is 6.54 Å². The molecule has 1 aromatic rings. The van der Waals surface area contributed by atoms with Crippen LogP contribution in [0.5, 0.6) is 0 Å². The zero-order chi connectivity index (χ0) is 13.1. The summed E-state index contributed by atoms with van der Waals surface area (Å²) in [7, 11) is 0. The molecule has 2 atom stereocenters. The van der Waals surface area contributed by atoms with Crippen molar-refractivity contribution in [2.24, 2.45) is 11.8 Å². The lowest BCUT2D eigenvalue weighted by Crippen LogP contribution is -2.13. The molecule has 0 radical (unpaired) electrons. The average molecular weight is 250 g/mol. The van der Waals surface area contributed by atoms with Crippen LogP contribution in [0.4, 0.5) is 14.5 Å². The van der Waals surface area contributed by atoms with Crippen LogP contribution in [0.1, 0.15) is 31.7 Å². The molecule has 0 amide bonds. The van der Waals surface area contributed by atoms with Crippen molar-refractivity contribution in [3.63, 3.8) is 0 Å². The zero-order valence-electron chi connectivity index (χ0n) is 10.3. The fourth-order valence-corrected chi connectivity index (χ4v) is 2.54. The van der Waals surface area contributed by atoms with Crippen molar-refractivity contribution < 1.29 is 8.78 Å². The number of nitriles is 1. The molecule has 0 saturated heterocycles. The molecule has 1 aliphatic rings. The third kappa shape index (κ3) is 2.61. The Balaban J connectivity index is 2.02. The van der Waals surface area contributed by atoms with Gasteiger partial charge >= 0.3 is 0 Å². The minimum Gasteiger partial charge on any atom is -0.382 e. The summed E-state index contributed by atoms with van der Waals surface area (Å²) in [4.78, 5) is 0. The minimum absolute atomic E-state index is 0.144. The van der Waals surface area contributed by atoms with E-state index in [2.05, 4.69) is 12.2 Å². The van der Waals surface area contributed by atoms with E-state index in [4.69, 9.17) is 5.26 Å². The van der Waals surface area contributed by atoms with Crippen LogP contribution >= 0.6 is 0 Å². The monoisotopic (exact) mass is 250 g/mol. The van der Waals surface area contributed by atoms with Crippen LogP contribution in [0, 0.1) is 34.8 Å². The molecule has 2 unspecified atom stereocenters. The molecule has 0 aromatic heterocycles. The topological polar surface area (TPSA) is 35.8 Å². The van der Waals surface area contributed by atoms with E-state index in [0.29, 0.717) is 12.5 Å². The predicted octanol–water partition coefficient (Wildman–Crippen LogP) is 3.68. The van der Waals surface area contributed by atoms with Crippen molar-refractivity contribution in [2.75, 3.05) is 11.9 Å². The van der Waals surface area contributed by atoms with Gasteiger partial charge in [0.05, 0.1) is 11.3 Å². The molecule has 0 bridgehead atoms. The highest BCUT2D eigenvalue weighted by atomic mass is 19.2. The first-order chi connectivity index (χ1) is 8.61. The zero-order valence-corrected chi connectivity index (χ0v) is 10.3. The molecule has 0 spiro atoms. The Labute approximate surface area is 106 Å². The van der Waals surface area contributed by atoms with Gasteiger partial charge in [0.2, 0.25) is 0 Å². The summed E-state index contributed by atoms with van der Waals surface area (Å²) in [5, 5.41) is 11.5. The van der Waals surface area contributed by atoms with Gasteiger partial charge in [-0.25, -0.2) is 8.78 Å². The largest absolute Gasteiger partial charge is 0.382 e. The SMILES string of the molecule is CC1CCC(CNc2ccc(C#N)c(F)c2F)C1. The van der Waals surface area contributed by atoms with E-state index in [1.165, 1.54) is 18.6 Å². The fourth-order valence-electron chi connectivity index (χ4n) is 2.54. The molecule has 0 heterocycles. The van der Waals surface area contributed by atoms with Crippen LogP contribution in [0.15, 0.2) is 12.1 Å². The summed E-state index contributed by atoms with van der Waals surface area (Å²) in [5.74, 6) is -0.778. The van der Waals surface area contributed by atoms with Gasteiger partial charge in [0.25, 0.3) is 0 Å². The quantitative estimate of drug-likeness (QED) is 0.888. The molecule has 1 aromatic carbocycles. The van der Waals surface area contributed by atoms with Crippen molar-refractivity contribution in [1.29, 1.82) is 5.26 Å². The number of hydrogen-bond acceptors (Lipinski definition) is 2. The number of benzene rings is 1. The fraction of sp³-hybridized carbons (Fsp3) is 0.500. The van der Waals surface area contributed by atoms with E-state index in [0.717, 1.165) is 18.8 Å². The minimum atomic E-state index is -1.07. The highest BCUT2D eigenvalue weighted by Gasteiger charge is 2.21. The van der Waals surface area contributed by atoms with Gasteiger partial charge in [-0.15, -0.1) is 0 Å². The normalized spacial score (nSPS) is 22.8. The van der Waals surface area contributed by atoms with Gasteiger partial charge in [0.15, 0.2) is 11.6 Å². The highest BCUT2D eigenvalue weighted by Crippen LogP contribution is 2.30. The Morgan fingerprint density at radius 1 is 1.33 bits per heavy atom. The van der Waals surface area contributed by atoms with Crippen LogP contribution < -0.4 is 5.32 Å². The smallest absolute Gasteiger partial charge is 0.183 e. The van der Waals surface area contributed by atoms with Gasteiger partial charge in [0.1, 0.15) is 6.07 Å². The van der Waals surface area contributed by atoms with E-state index in [9.17, 15) is 8.78 Å². The number of hydrogen-bond donors (Lipinski definition) is 1. The van der Waals surface area contributed by atoms with E-state index in [1.807, 2.05) is 0 Å². The molecule has 1 aliphatic carbocycles. The van der Waals surface area contributed by atoms with Crippen molar-refractivity contribution in [3.8, 4) is 6.07 Å². The van der Waals surface area contributed by atoms with Crippen LogP contribution in [-0.2, 0) is 0 Å². The molecular weight excluding hydrogens is 234 g/mol. The van der Waals surface area contributed by atoms with E-state index >= 15 is 0 Å². The lowest BCUT2D eigenvalue weighted by atomic mass is 10.1. The van der Waals surface area contributed by atoms with Crippen molar-refractivity contribution in [1.82, 2.24) is 0 Å². The molecule has 0 aliphatic heterocycles. The van der Waals surface area contributed by atoms with Crippen LogP contribution in [0.25, 0.3) is 0 Å². The van der Waals surface area contributed by atoms with Crippen molar-refractivity contribution >= 4 is 5.69 Å². The molecule has 4 heteroatoms. The highest BCUT2D eigenvalue weighted by molar-refractivity contribution is 5.49. The van der Waals surface area contributed by atoms with E-state index in [1.54, 1.807) is 6.07 Å². The molecule has 1 N–H and O–H groups in total. The van der Waals surface area contributed by atoms with Crippen molar-refractivity contribution in [3.05, 3.63) is 29.3 Å². The molecule has 96 valence electrons. The summed E-state index contributed by atoms with van der Waals surface area (Å²) in [5.41, 5.74) is -0.112. The van der Waals surface area contributed by atoms with Gasteiger partial charge < -0.3 is 5.32 Å². The molecule has 1 fully saturated rings. The predicted molar refractivity (Wildman–Crippen MR) is 66.1 cm³/mol.